The third-order valence-electron chi connectivity index (χ3n) is 3.32. The first-order chi connectivity index (χ1) is 9.86. The number of benzene rings is 1. The molecule has 0 spiro atoms. The lowest BCUT2D eigenvalue weighted by atomic mass is 10.1. The van der Waals surface area contributed by atoms with Gasteiger partial charge in [0.2, 0.25) is 0 Å². The molecule has 1 aromatic rings. The first-order valence-electron chi connectivity index (χ1n) is 6.79. The fraction of sp³-hybridized carbons (Fsp3) is 0.571. The van der Waals surface area contributed by atoms with Gasteiger partial charge >= 0.3 is 6.18 Å². The highest BCUT2D eigenvalue weighted by molar-refractivity contribution is 9.10. The first kappa shape index (κ1) is 16.6. The zero-order valence-electron chi connectivity index (χ0n) is 11.7. The SMILES string of the molecule is CC(CN1CCOCC1)Nc1ccc(Br)cc1C(F)(F)F. The summed E-state index contributed by atoms with van der Waals surface area (Å²) in [6, 6.07) is 4.09. The smallest absolute Gasteiger partial charge is 0.381 e. The third kappa shape index (κ3) is 4.86. The monoisotopic (exact) mass is 366 g/mol. The topological polar surface area (TPSA) is 24.5 Å². The van der Waals surface area contributed by atoms with Crippen molar-refractivity contribution in [1.82, 2.24) is 4.90 Å². The van der Waals surface area contributed by atoms with Crippen LogP contribution in [0.15, 0.2) is 22.7 Å². The predicted molar refractivity (Wildman–Crippen MR) is 79.5 cm³/mol. The second-order valence-electron chi connectivity index (χ2n) is 5.15. The van der Waals surface area contributed by atoms with Crippen LogP contribution in [-0.4, -0.2) is 43.8 Å². The van der Waals surface area contributed by atoms with Crippen LogP contribution in [0.1, 0.15) is 12.5 Å². The van der Waals surface area contributed by atoms with Crippen LogP contribution in [-0.2, 0) is 10.9 Å². The highest BCUT2D eigenvalue weighted by Crippen LogP contribution is 2.36. The van der Waals surface area contributed by atoms with E-state index in [1.54, 1.807) is 6.07 Å². The number of anilines is 1. The number of hydrogen-bond donors (Lipinski definition) is 1. The summed E-state index contributed by atoms with van der Waals surface area (Å²) in [6.45, 7) is 5.57. The molecule has 3 nitrogen and oxygen atoms in total. The zero-order chi connectivity index (χ0) is 15.5. The largest absolute Gasteiger partial charge is 0.418 e. The highest BCUT2D eigenvalue weighted by atomic mass is 79.9. The van der Waals surface area contributed by atoms with E-state index in [0.29, 0.717) is 24.2 Å². The van der Waals surface area contributed by atoms with Gasteiger partial charge in [0.15, 0.2) is 0 Å². The number of nitrogens with one attached hydrogen (secondary N) is 1. The summed E-state index contributed by atoms with van der Waals surface area (Å²) in [5.74, 6) is 0. The summed E-state index contributed by atoms with van der Waals surface area (Å²) in [5, 5.41) is 2.97. The van der Waals surface area contributed by atoms with Crippen LogP contribution in [0, 0.1) is 0 Å². The second-order valence-corrected chi connectivity index (χ2v) is 6.06. The maximum atomic E-state index is 13.0. The van der Waals surface area contributed by atoms with E-state index in [4.69, 9.17) is 4.74 Å². The summed E-state index contributed by atoms with van der Waals surface area (Å²) in [5.41, 5.74) is -0.530. The summed E-state index contributed by atoms with van der Waals surface area (Å²) in [4.78, 5) is 2.19. The van der Waals surface area contributed by atoms with Crippen molar-refractivity contribution in [1.29, 1.82) is 0 Å². The Labute approximate surface area is 130 Å². The molecule has 7 heteroatoms. The lowest BCUT2D eigenvalue weighted by Crippen LogP contribution is -2.42. The minimum atomic E-state index is -4.37. The predicted octanol–water partition coefficient (Wildman–Crippen LogP) is 3.60. The Bertz CT molecular complexity index is 476. The third-order valence-corrected chi connectivity index (χ3v) is 3.82. The molecule has 1 aliphatic heterocycles. The van der Waals surface area contributed by atoms with E-state index in [0.717, 1.165) is 19.2 Å². The van der Waals surface area contributed by atoms with Gasteiger partial charge in [0.25, 0.3) is 0 Å². The van der Waals surface area contributed by atoms with Gasteiger partial charge in [-0.25, -0.2) is 0 Å². The van der Waals surface area contributed by atoms with Crippen molar-refractivity contribution in [3.8, 4) is 0 Å². The summed E-state index contributed by atoms with van der Waals surface area (Å²) >= 11 is 3.08. The molecule has 2 rings (SSSR count). The molecule has 1 saturated heterocycles. The number of morpholine rings is 1. The average molecular weight is 367 g/mol. The molecule has 1 heterocycles. The van der Waals surface area contributed by atoms with Crippen LogP contribution in [0.2, 0.25) is 0 Å². The van der Waals surface area contributed by atoms with Crippen molar-refractivity contribution in [3.05, 3.63) is 28.2 Å². The van der Waals surface area contributed by atoms with Crippen molar-refractivity contribution in [3.63, 3.8) is 0 Å². The fourth-order valence-electron chi connectivity index (χ4n) is 2.36. The number of nitrogens with zero attached hydrogens (tertiary/aromatic N) is 1. The Morgan fingerprint density at radius 2 is 2.00 bits per heavy atom. The molecular weight excluding hydrogens is 349 g/mol. The highest BCUT2D eigenvalue weighted by Gasteiger charge is 2.34. The molecule has 1 atom stereocenters. The van der Waals surface area contributed by atoms with Gasteiger partial charge in [-0.1, -0.05) is 15.9 Å². The lowest BCUT2D eigenvalue weighted by molar-refractivity contribution is -0.137. The molecule has 118 valence electrons. The molecular formula is C14H18BrF3N2O. The molecule has 0 saturated carbocycles. The van der Waals surface area contributed by atoms with E-state index < -0.39 is 11.7 Å². The van der Waals surface area contributed by atoms with Crippen LogP contribution in [0.5, 0.6) is 0 Å². The average Bonchev–Trinajstić information content (AvgIpc) is 2.40. The first-order valence-corrected chi connectivity index (χ1v) is 7.59. The van der Waals surface area contributed by atoms with E-state index in [1.165, 1.54) is 6.07 Å². The van der Waals surface area contributed by atoms with Crippen LogP contribution in [0.25, 0.3) is 0 Å². The summed E-state index contributed by atoms with van der Waals surface area (Å²) in [6.07, 6.45) is -4.37. The van der Waals surface area contributed by atoms with Crippen molar-refractivity contribution in [2.24, 2.45) is 0 Å². The minimum Gasteiger partial charge on any atom is -0.381 e. The molecule has 0 aliphatic carbocycles. The van der Waals surface area contributed by atoms with E-state index in [2.05, 4.69) is 26.1 Å². The zero-order valence-corrected chi connectivity index (χ0v) is 13.3. The molecule has 1 aromatic carbocycles. The van der Waals surface area contributed by atoms with Gasteiger partial charge in [-0.2, -0.15) is 13.2 Å². The van der Waals surface area contributed by atoms with E-state index in [1.807, 2.05) is 6.92 Å². The molecule has 21 heavy (non-hydrogen) atoms. The Hall–Kier alpha value is -0.790. The van der Waals surface area contributed by atoms with Gasteiger partial charge in [-0.05, 0) is 25.1 Å². The Kier molecular flexibility index (Phi) is 5.51. The normalized spacial score (nSPS) is 18.5. The number of alkyl halides is 3. The Morgan fingerprint density at radius 3 is 2.62 bits per heavy atom. The van der Waals surface area contributed by atoms with Gasteiger partial charge in [0.05, 0.1) is 18.8 Å². The molecule has 0 amide bonds. The Balaban J connectivity index is 2.04. The quantitative estimate of drug-likeness (QED) is 0.880. The number of ether oxygens (including phenoxy) is 1. The molecule has 1 aliphatic rings. The molecule has 0 aromatic heterocycles. The van der Waals surface area contributed by atoms with Crippen molar-refractivity contribution < 1.29 is 17.9 Å². The van der Waals surface area contributed by atoms with E-state index in [-0.39, 0.29) is 11.7 Å². The van der Waals surface area contributed by atoms with Crippen molar-refractivity contribution in [2.75, 3.05) is 38.2 Å². The van der Waals surface area contributed by atoms with Crippen LogP contribution in [0.3, 0.4) is 0 Å². The molecule has 1 N–H and O–H groups in total. The molecule has 0 radical (unpaired) electrons. The number of halogens is 4. The van der Waals surface area contributed by atoms with E-state index >= 15 is 0 Å². The van der Waals surface area contributed by atoms with Crippen LogP contribution < -0.4 is 5.32 Å². The van der Waals surface area contributed by atoms with Crippen molar-refractivity contribution >= 4 is 21.6 Å². The Morgan fingerprint density at radius 1 is 1.33 bits per heavy atom. The summed E-state index contributed by atoms with van der Waals surface area (Å²) in [7, 11) is 0. The standard InChI is InChI=1S/C14H18BrF3N2O/c1-10(9-20-4-6-21-7-5-20)19-13-3-2-11(15)8-12(13)14(16,17)18/h2-3,8,10,19H,4-7,9H2,1H3. The van der Waals surface area contributed by atoms with Crippen LogP contribution in [0.4, 0.5) is 18.9 Å². The maximum absolute atomic E-state index is 13.0. The van der Waals surface area contributed by atoms with Crippen molar-refractivity contribution in [2.45, 2.75) is 19.1 Å². The summed E-state index contributed by atoms with van der Waals surface area (Å²) < 4.78 is 44.8. The molecule has 0 bridgehead atoms. The molecule has 1 fully saturated rings. The van der Waals surface area contributed by atoms with Crippen LogP contribution >= 0.6 is 15.9 Å². The maximum Gasteiger partial charge on any atom is 0.418 e. The number of hydrogen-bond acceptors (Lipinski definition) is 3. The fourth-order valence-corrected chi connectivity index (χ4v) is 2.72. The minimum absolute atomic E-state index is 0.0784. The van der Waals surface area contributed by atoms with Gasteiger partial charge < -0.3 is 10.1 Å². The second kappa shape index (κ2) is 6.98. The lowest BCUT2D eigenvalue weighted by Gasteiger charge is -2.30. The van der Waals surface area contributed by atoms with Gasteiger partial charge in [-0.15, -0.1) is 0 Å². The van der Waals surface area contributed by atoms with E-state index in [9.17, 15) is 13.2 Å². The van der Waals surface area contributed by atoms with Gasteiger partial charge in [-0.3, -0.25) is 4.90 Å². The number of rotatable bonds is 4. The molecule has 1 unspecified atom stereocenters. The van der Waals surface area contributed by atoms with Gasteiger partial charge in [0, 0.05) is 35.8 Å². The van der Waals surface area contributed by atoms with Gasteiger partial charge in [0.1, 0.15) is 0 Å².